The number of nitro benzene ring substituents is 1. The Morgan fingerprint density at radius 1 is 1.07 bits per heavy atom. The Hall–Kier alpha value is -3.26. The number of nitrogens with zero attached hydrogens (tertiary/aromatic N) is 3. The summed E-state index contributed by atoms with van der Waals surface area (Å²) in [5, 5.41) is 13.8. The van der Waals surface area contributed by atoms with E-state index in [0.717, 1.165) is 5.69 Å². The first-order chi connectivity index (χ1) is 13.4. The fraction of sp³-hybridized carbons (Fsp3) is 0.300. The van der Waals surface area contributed by atoms with E-state index in [1.54, 1.807) is 17.9 Å². The third kappa shape index (κ3) is 4.72. The van der Waals surface area contributed by atoms with Crippen LogP contribution in [0.3, 0.4) is 0 Å². The fourth-order valence-corrected chi connectivity index (χ4v) is 3.21. The lowest BCUT2D eigenvalue weighted by Crippen LogP contribution is -2.50. The van der Waals surface area contributed by atoms with Crippen LogP contribution >= 0.6 is 0 Å². The smallest absolute Gasteiger partial charge is 0.272 e. The molecule has 0 spiro atoms. The van der Waals surface area contributed by atoms with Gasteiger partial charge in [-0.2, -0.15) is 0 Å². The number of amides is 2. The second-order valence-corrected chi connectivity index (χ2v) is 6.74. The minimum Gasteiger partial charge on any atom is -0.336 e. The molecule has 0 aromatic heterocycles. The van der Waals surface area contributed by atoms with Crippen molar-refractivity contribution in [3.05, 3.63) is 69.8 Å². The highest BCUT2D eigenvalue weighted by molar-refractivity contribution is 5.95. The van der Waals surface area contributed by atoms with Gasteiger partial charge in [0.15, 0.2) is 0 Å². The summed E-state index contributed by atoms with van der Waals surface area (Å²) in [6.07, 6.45) is 0. The van der Waals surface area contributed by atoms with Crippen molar-refractivity contribution in [3.63, 3.8) is 0 Å². The maximum Gasteiger partial charge on any atom is 0.272 e. The Balaban J connectivity index is 1.52. The molecule has 2 aromatic rings. The van der Waals surface area contributed by atoms with Crippen LogP contribution in [0.15, 0.2) is 48.5 Å². The van der Waals surface area contributed by atoms with E-state index < -0.39 is 4.92 Å². The number of hydrogen-bond donors (Lipinski definition) is 1. The molecule has 8 heteroatoms. The second-order valence-electron chi connectivity index (χ2n) is 6.74. The van der Waals surface area contributed by atoms with Gasteiger partial charge >= 0.3 is 0 Å². The van der Waals surface area contributed by atoms with E-state index >= 15 is 0 Å². The summed E-state index contributed by atoms with van der Waals surface area (Å²) >= 11 is 0. The Kier molecular flexibility index (Phi) is 6.00. The molecule has 0 radical (unpaired) electrons. The Labute approximate surface area is 162 Å². The number of nitrogens with one attached hydrogen (secondary N) is 1. The van der Waals surface area contributed by atoms with Gasteiger partial charge in [-0.15, -0.1) is 0 Å². The van der Waals surface area contributed by atoms with Crippen LogP contribution in [-0.2, 0) is 4.79 Å². The van der Waals surface area contributed by atoms with Gasteiger partial charge in [-0.1, -0.05) is 18.2 Å². The molecule has 0 aliphatic carbocycles. The third-order valence-electron chi connectivity index (χ3n) is 4.72. The summed E-state index contributed by atoms with van der Waals surface area (Å²) in [6, 6.07) is 13.7. The summed E-state index contributed by atoms with van der Waals surface area (Å²) in [5.74, 6) is -0.233. The van der Waals surface area contributed by atoms with Crippen molar-refractivity contribution < 1.29 is 14.5 Å². The van der Waals surface area contributed by atoms with Crippen molar-refractivity contribution in [1.82, 2.24) is 9.80 Å². The molecule has 1 aliphatic rings. The highest BCUT2D eigenvalue weighted by Gasteiger charge is 2.24. The first-order valence-corrected chi connectivity index (χ1v) is 9.05. The molecule has 2 amide bonds. The van der Waals surface area contributed by atoms with Gasteiger partial charge in [-0.3, -0.25) is 24.6 Å². The molecule has 2 aromatic carbocycles. The van der Waals surface area contributed by atoms with Crippen LogP contribution in [0.2, 0.25) is 0 Å². The lowest BCUT2D eigenvalue weighted by atomic mass is 10.1. The summed E-state index contributed by atoms with van der Waals surface area (Å²) in [5.41, 5.74) is 1.67. The fourth-order valence-electron chi connectivity index (χ4n) is 3.21. The van der Waals surface area contributed by atoms with Crippen LogP contribution < -0.4 is 5.32 Å². The van der Waals surface area contributed by atoms with E-state index in [1.807, 2.05) is 35.2 Å². The van der Waals surface area contributed by atoms with Crippen LogP contribution in [-0.4, -0.2) is 59.3 Å². The molecule has 1 N–H and O–H groups in total. The molecule has 0 saturated carbocycles. The van der Waals surface area contributed by atoms with Crippen LogP contribution in [0, 0.1) is 17.0 Å². The standard InChI is InChI=1S/C20H22N4O4/c1-15-13-16(7-8-18(15)24(27)28)20(26)23-11-9-22(10-12-23)14-19(25)21-17-5-3-2-4-6-17/h2-8,13H,9-12,14H2,1H3,(H,21,25). The Morgan fingerprint density at radius 2 is 1.75 bits per heavy atom. The lowest BCUT2D eigenvalue weighted by Gasteiger charge is -2.34. The highest BCUT2D eigenvalue weighted by Crippen LogP contribution is 2.20. The van der Waals surface area contributed by atoms with E-state index in [4.69, 9.17) is 0 Å². The average Bonchev–Trinajstić information content (AvgIpc) is 2.68. The molecule has 1 saturated heterocycles. The number of carbonyl (C=O) groups excluding carboxylic acids is 2. The number of hydrogen-bond acceptors (Lipinski definition) is 5. The van der Waals surface area contributed by atoms with E-state index in [1.165, 1.54) is 12.1 Å². The summed E-state index contributed by atoms with van der Waals surface area (Å²) < 4.78 is 0. The maximum absolute atomic E-state index is 12.7. The molecule has 8 nitrogen and oxygen atoms in total. The van der Waals surface area contributed by atoms with Crippen molar-refractivity contribution in [3.8, 4) is 0 Å². The molecule has 28 heavy (non-hydrogen) atoms. The molecular formula is C20H22N4O4. The number of aryl methyl sites for hydroxylation is 1. The number of carbonyl (C=O) groups is 2. The van der Waals surface area contributed by atoms with Crippen LogP contribution in [0.5, 0.6) is 0 Å². The maximum atomic E-state index is 12.7. The normalized spacial score (nSPS) is 14.5. The van der Waals surface area contributed by atoms with Gasteiger partial charge in [0.1, 0.15) is 0 Å². The molecule has 1 heterocycles. The largest absolute Gasteiger partial charge is 0.336 e. The quantitative estimate of drug-likeness (QED) is 0.632. The van der Waals surface area contributed by atoms with Crippen molar-refractivity contribution in [2.24, 2.45) is 0 Å². The minimum absolute atomic E-state index is 0.00537. The lowest BCUT2D eigenvalue weighted by molar-refractivity contribution is -0.385. The van der Waals surface area contributed by atoms with Gasteiger partial charge in [0, 0.05) is 49.1 Å². The summed E-state index contributed by atoms with van der Waals surface area (Å²) in [4.78, 5) is 39.0. The van der Waals surface area contributed by atoms with E-state index in [-0.39, 0.29) is 24.0 Å². The monoisotopic (exact) mass is 382 g/mol. The van der Waals surface area contributed by atoms with Crippen molar-refractivity contribution in [2.45, 2.75) is 6.92 Å². The molecule has 0 atom stereocenters. The van der Waals surface area contributed by atoms with Gasteiger partial charge in [-0.25, -0.2) is 0 Å². The van der Waals surface area contributed by atoms with Gasteiger partial charge < -0.3 is 10.2 Å². The predicted molar refractivity (Wildman–Crippen MR) is 105 cm³/mol. The number of benzene rings is 2. The third-order valence-corrected chi connectivity index (χ3v) is 4.72. The number of nitro groups is 1. The zero-order valence-electron chi connectivity index (χ0n) is 15.6. The topological polar surface area (TPSA) is 95.8 Å². The van der Waals surface area contributed by atoms with Crippen LogP contribution in [0.4, 0.5) is 11.4 Å². The number of piperazine rings is 1. The number of para-hydroxylation sites is 1. The first-order valence-electron chi connectivity index (χ1n) is 9.05. The highest BCUT2D eigenvalue weighted by atomic mass is 16.6. The zero-order valence-corrected chi connectivity index (χ0v) is 15.6. The predicted octanol–water partition coefficient (Wildman–Crippen LogP) is 2.30. The van der Waals surface area contributed by atoms with Gasteiger partial charge in [-0.05, 0) is 31.2 Å². The van der Waals surface area contributed by atoms with Gasteiger partial charge in [0.05, 0.1) is 11.5 Å². The van der Waals surface area contributed by atoms with E-state index in [2.05, 4.69) is 5.32 Å². The summed E-state index contributed by atoms with van der Waals surface area (Å²) in [7, 11) is 0. The van der Waals surface area contributed by atoms with Crippen LogP contribution in [0.25, 0.3) is 0 Å². The minimum atomic E-state index is -0.456. The van der Waals surface area contributed by atoms with Gasteiger partial charge in [0.25, 0.3) is 11.6 Å². The zero-order chi connectivity index (χ0) is 20.1. The van der Waals surface area contributed by atoms with Gasteiger partial charge in [0.2, 0.25) is 5.91 Å². The first kappa shape index (κ1) is 19.5. The molecular weight excluding hydrogens is 360 g/mol. The average molecular weight is 382 g/mol. The molecule has 0 bridgehead atoms. The second kappa shape index (κ2) is 8.62. The van der Waals surface area contributed by atoms with E-state index in [9.17, 15) is 19.7 Å². The molecule has 146 valence electrons. The summed E-state index contributed by atoms with van der Waals surface area (Å²) in [6.45, 7) is 4.10. The van der Waals surface area contributed by atoms with Crippen LogP contribution in [0.1, 0.15) is 15.9 Å². The molecule has 0 unspecified atom stereocenters. The molecule has 3 rings (SSSR count). The molecule has 1 fully saturated rings. The Morgan fingerprint density at radius 3 is 2.36 bits per heavy atom. The van der Waals surface area contributed by atoms with Crippen molar-refractivity contribution in [2.75, 3.05) is 38.0 Å². The SMILES string of the molecule is Cc1cc(C(=O)N2CCN(CC(=O)Nc3ccccc3)CC2)ccc1[N+](=O)[O-]. The van der Waals surface area contributed by atoms with E-state index in [0.29, 0.717) is 37.3 Å². The number of rotatable bonds is 5. The Bertz CT molecular complexity index is 877. The van der Waals surface area contributed by atoms with Crippen molar-refractivity contribution in [1.29, 1.82) is 0 Å². The number of anilines is 1. The van der Waals surface area contributed by atoms with Crippen molar-refractivity contribution >= 4 is 23.2 Å². The molecule has 1 aliphatic heterocycles.